The first-order chi connectivity index (χ1) is 12.5. The molecule has 1 unspecified atom stereocenters. The Kier molecular flexibility index (Phi) is 3.94. The molecule has 4 nitrogen and oxygen atoms in total. The number of nitrogens with two attached hydrogens (primary N) is 1. The van der Waals surface area contributed by atoms with Gasteiger partial charge < -0.3 is 10.8 Å². The van der Waals surface area contributed by atoms with Crippen molar-refractivity contribution in [3.8, 4) is 0 Å². The molecule has 26 heavy (non-hydrogen) atoms. The van der Waals surface area contributed by atoms with Gasteiger partial charge in [-0.1, -0.05) is 54.1 Å². The predicted octanol–water partition coefficient (Wildman–Crippen LogP) is 3.77. The minimum absolute atomic E-state index is 0.213. The molecule has 0 spiro atoms. The Morgan fingerprint density at radius 2 is 1.62 bits per heavy atom. The molecule has 0 bridgehead atoms. The van der Waals surface area contributed by atoms with E-state index >= 15 is 0 Å². The van der Waals surface area contributed by atoms with Gasteiger partial charge in [0, 0.05) is 33.9 Å². The summed E-state index contributed by atoms with van der Waals surface area (Å²) in [7, 11) is 0. The van der Waals surface area contributed by atoms with Crippen LogP contribution in [0.2, 0.25) is 5.02 Å². The van der Waals surface area contributed by atoms with Gasteiger partial charge in [0.1, 0.15) is 0 Å². The number of carbonyl (C=O) groups is 1. The van der Waals surface area contributed by atoms with Crippen molar-refractivity contribution in [1.29, 1.82) is 0 Å². The van der Waals surface area contributed by atoms with E-state index in [1.807, 2.05) is 18.2 Å². The molecule has 3 N–H and O–H groups in total. The Morgan fingerprint density at radius 3 is 2.31 bits per heavy atom. The summed E-state index contributed by atoms with van der Waals surface area (Å²) in [6, 6.07) is 21.3. The van der Waals surface area contributed by atoms with Gasteiger partial charge in [-0.3, -0.25) is 9.69 Å². The molecule has 1 aliphatic heterocycles. The van der Waals surface area contributed by atoms with E-state index in [2.05, 4.69) is 0 Å². The first kappa shape index (κ1) is 16.6. The smallest absolute Gasteiger partial charge is 0.257 e. The van der Waals surface area contributed by atoms with Gasteiger partial charge in [-0.05, 0) is 35.9 Å². The summed E-state index contributed by atoms with van der Waals surface area (Å²) in [6.07, 6.45) is 0. The highest BCUT2D eigenvalue weighted by Crippen LogP contribution is 2.43. The van der Waals surface area contributed by atoms with Crippen LogP contribution in [0.15, 0.2) is 72.8 Å². The molecule has 0 fully saturated rings. The molecule has 0 saturated carbocycles. The molecule has 0 radical (unpaired) electrons. The number of amides is 1. The molecular weight excluding hydrogens is 348 g/mol. The standard InChI is InChI=1S/C21H17ClN2O2/c22-16-9-7-15(8-10-16)21(26)19-4-2-1-3-18(19)20(25)24(21)13-14-5-11-17(23)12-6-14/h1-12,26H,13,23H2. The minimum atomic E-state index is -1.56. The largest absolute Gasteiger partial charge is 0.399 e. The molecular formula is C21H17ClN2O2. The van der Waals surface area contributed by atoms with E-state index < -0.39 is 5.72 Å². The number of nitrogens with zero attached hydrogens (tertiary/aromatic N) is 1. The van der Waals surface area contributed by atoms with Gasteiger partial charge in [0.25, 0.3) is 5.91 Å². The molecule has 1 atom stereocenters. The zero-order valence-corrected chi connectivity index (χ0v) is 14.6. The van der Waals surface area contributed by atoms with Crippen molar-refractivity contribution >= 4 is 23.2 Å². The molecule has 0 aliphatic carbocycles. The van der Waals surface area contributed by atoms with Gasteiger partial charge in [-0.25, -0.2) is 0 Å². The summed E-state index contributed by atoms with van der Waals surface area (Å²) >= 11 is 6.00. The van der Waals surface area contributed by atoms with Crippen LogP contribution in [0.4, 0.5) is 5.69 Å². The Labute approximate surface area is 156 Å². The van der Waals surface area contributed by atoms with E-state index in [9.17, 15) is 9.90 Å². The van der Waals surface area contributed by atoms with E-state index in [1.165, 1.54) is 4.90 Å². The number of nitrogen functional groups attached to an aromatic ring is 1. The lowest BCUT2D eigenvalue weighted by molar-refractivity contribution is -0.0542. The van der Waals surface area contributed by atoms with E-state index in [4.69, 9.17) is 17.3 Å². The van der Waals surface area contributed by atoms with Crippen molar-refractivity contribution in [2.75, 3.05) is 5.73 Å². The Morgan fingerprint density at radius 1 is 0.962 bits per heavy atom. The van der Waals surface area contributed by atoms with Crippen LogP contribution in [0.25, 0.3) is 0 Å². The predicted molar refractivity (Wildman–Crippen MR) is 102 cm³/mol. The van der Waals surface area contributed by atoms with E-state index in [0.29, 0.717) is 27.4 Å². The highest BCUT2D eigenvalue weighted by Gasteiger charge is 2.49. The highest BCUT2D eigenvalue weighted by atomic mass is 35.5. The number of halogens is 1. The van der Waals surface area contributed by atoms with Crippen molar-refractivity contribution in [2.24, 2.45) is 0 Å². The number of carbonyl (C=O) groups excluding carboxylic acids is 1. The van der Waals surface area contributed by atoms with Crippen LogP contribution in [0.5, 0.6) is 0 Å². The van der Waals surface area contributed by atoms with Crippen molar-refractivity contribution in [3.05, 3.63) is 100 Å². The first-order valence-electron chi connectivity index (χ1n) is 8.24. The lowest BCUT2D eigenvalue weighted by Gasteiger charge is -2.35. The van der Waals surface area contributed by atoms with Crippen molar-refractivity contribution < 1.29 is 9.90 Å². The summed E-state index contributed by atoms with van der Waals surface area (Å²) in [6.45, 7) is 0.257. The van der Waals surface area contributed by atoms with Crippen LogP contribution in [0, 0.1) is 0 Å². The van der Waals surface area contributed by atoms with E-state index in [1.54, 1.807) is 54.6 Å². The fourth-order valence-corrected chi connectivity index (χ4v) is 3.52. The Balaban J connectivity index is 1.84. The quantitative estimate of drug-likeness (QED) is 0.695. The van der Waals surface area contributed by atoms with Crippen molar-refractivity contribution in [1.82, 2.24) is 4.90 Å². The van der Waals surface area contributed by atoms with Gasteiger partial charge >= 0.3 is 0 Å². The fraction of sp³-hybridized carbons (Fsp3) is 0.0952. The molecule has 130 valence electrons. The molecule has 3 aromatic rings. The number of fused-ring (bicyclic) bond motifs is 1. The fourth-order valence-electron chi connectivity index (χ4n) is 3.40. The number of benzene rings is 3. The molecule has 1 heterocycles. The molecule has 5 heteroatoms. The normalized spacial score (nSPS) is 18.8. The topological polar surface area (TPSA) is 66.6 Å². The third-order valence-electron chi connectivity index (χ3n) is 4.74. The van der Waals surface area contributed by atoms with Crippen LogP contribution >= 0.6 is 11.6 Å². The number of aliphatic hydroxyl groups is 1. The summed E-state index contributed by atoms with van der Waals surface area (Å²) in [5.74, 6) is -0.213. The molecule has 0 aromatic heterocycles. The second-order valence-corrected chi connectivity index (χ2v) is 6.79. The minimum Gasteiger partial charge on any atom is -0.399 e. The zero-order chi connectivity index (χ0) is 18.3. The third-order valence-corrected chi connectivity index (χ3v) is 4.99. The number of rotatable bonds is 3. The second-order valence-electron chi connectivity index (χ2n) is 6.36. The maximum absolute atomic E-state index is 13.0. The lowest BCUT2D eigenvalue weighted by atomic mass is 9.93. The third kappa shape index (κ3) is 2.55. The molecule has 3 aromatic carbocycles. The Bertz CT molecular complexity index is 970. The molecule has 1 amide bonds. The van der Waals surface area contributed by atoms with E-state index in [-0.39, 0.29) is 12.5 Å². The van der Waals surface area contributed by atoms with Gasteiger partial charge in [0.15, 0.2) is 5.72 Å². The van der Waals surface area contributed by atoms with Crippen molar-refractivity contribution in [2.45, 2.75) is 12.3 Å². The number of anilines is 1. The summed E-state index contributed by atoms with van der Waals surface area (Å²) < 4.78 is 0. The SMILES string of the molecule is Nc1ccc(CN2C(=O)c3ccccc3C2(O)c2ccc(Cl)cc2)cc1. The highest BCUT2D eigenvalue weighted by molar-refractivity contribution is 6.30. The van der Waals surface area contributed by atoms with E-state index in [0.717, 1.165) is 5.56 Å². The van der Waals surface area contributed by atoms with Gasteiger partial charge in [0.2, 0.25) is 0 Å². The van der Waals surface area contributed by atoms with Crippen LogP contribution in [-0.4, -0.2) is 15.9 Å². The van der Waals surface area contributed by atoms with Gasteiger partial charge in [-0.2, -0.15) is 0 Å². The van der Waals surface area contributed by atoms with Gasteiger partial charge in [-0.15, -0.1) is 0 Å². The van der Waals surface area contributed by atoms with Crippen LogP contribution in [0.3, 0.4) is 0 Å². The van der Waals surface area contributed by atoms with Crippen LogP contribution in [-0.2, 0) is 12.3 Å². The van der Waals surface area contributed by atoms with Crippen molar-refractivity contribution in [3.63, 3.8) is 0 Å². The van der Waals surface area contributed by atoms with Crippen LogP contribution in [0.1, 0.15) is 27.0 Å². The summed E-state index contributed by atoms with van der Waals surface area (Å²) in [5.41, 5.74) is 7.39. The maximum Gasteiger partial charge on any atom is 0.257 e. The number of hydrogen-bond acceptors (Lipinski definition) is 3. The zero-order valence-electron chi connectivity index (χ0n) is 13.9. The maximum atomic E-state index is 13.0. The average molecular weight is 365 g/mol. The molecule has 0 saturated heterocycles. The van der Waals surface area contributed by atoms with Crippen LogP contribution < -0.4 is 5.73 Å². The summed E-state index contributed by atoms with van der Waals surface area (Å²) in [5, 5.41) is 12.3. The second kappa shape index (κ2) is 6.16. The number of hydrogen-bond donors (Lipinski definition) is 2. The lowest BCUT2D eigenvalue weighted by Crippen LogP contribution is -2.44. The monoisotopic (exact) mass is 364 g/mol. The average Bonchev–Trinajstić information content (AvgIpc) is 2.87. The summed E-state index contributed by atoms with van der Waals surface area (Å²) in [4.78, 5) is 14.5. The molecule has 1 aliphatic rings. The Hall–Kier alpha value is -2.82. The molecule has 4 rings (SSSR count). The van der Waals surface area contributed by atoms with Gasteiger partial charge in [0.05, 0.1) is 0 Å². The first-order valence-corrected chi connectivity index (χ1v) is 8.62.